The fraction of sp³-hybridized carbons (Fsp3) is 0.355. The minimum atomic E-state index is -0.108. The SMILES string of the molecule is C=C(C)N(CC(OCc1ccccc1)C(C)C(CC)OCc1ccccc1)OCc1ccccc1. The van der Waals surface area contributed by atoms with Gasteiger partial charge in [-0.1, -0.05) is 111 Å². The van der Waals surface area contributed by atoms with E-state index in [0.29, 0.717) is 26.4 Å². The Balaban J connectivity index is 1.70. The summed E-state index contributed by atoms with van der Waals surface area (Å²) in [6, 6.07) is 30.8. The Bertz CT molecular complexity index is 978. The summed E-state index contributed by atoms with van der Waals surface area (Å²) in [6.07, 6.45) is 0.845. The Morgan fingerprint density at radius 1 is 0.714 bits per heavy atom. The van der Waals surface area contributed by atoms with Crippen LogP contribution in [0.15, 0.2) is 103 Å². The molecule has 35 heavy (non-hydrogen) atoms. The van der Waals surface area contributed by atoms with E-state index in [1.807, 2.05) is 66.6 Å². The van der Waals surface area contributed by atoms with Crippen LogP contribution in [0.25, 0.3) is 0 Å². The quantitative estimate of drug-likeness (QED) is 0.219. The lowest BCUT2D eigenvalue weighted by molar-refractivity contribution is -0.176. The van der Waals surface area contributed by atoms with Gasteiger partial charge in [-0.15, -0.1) is 0 Å². The molecular formula is C31H39NO3. The van der Waals surface area contributed by atoms with Gasteiger partial charge >= 0.3 is 0 Å². The van der Waals surface area contributed by atoms with Crippen LogP contribution in [0.3, 0.4) is 0 Å². The van der Waals surface area contributed by atoms with Gasteiger partial charge < -0.3 is 9.47 Å². The second-order valence-electron chi connectivity index (χ2n) is 8.99. The Morgan fingerprint density at radius 2 is 1.14 bits per heavy atom. The van der Waals surface area contributed by atoms with Crippen molar-refractivity contribution in [2.24, 2.45) is 5.92 Å². The van der Waals surface area contributed by atoms with Crippen molar-refractivity contribution in [1.29, 1.82) is 0 Å². The summed E-state index contributed by atoms with van der Waals surface area (Å²) in [6.45, 7) is 12.7. The van der Waals surface area contributed by atoms with Crippen molar-refractivity contribution >= 4 is 0 Å². The number of hydroxylamine groups is 2. The molecule has 4 nitrogen and oxygen atoms in total. The molecule has 3 rings (SSSR count). The van der Waals surface area contributed by atoms with Gasteiger partial charge in [-0.2, -0.15) is 0 Å². The summed E-state index contributed by atoms with van der Waals surface area (Å²) in [4.78, 5) is 6.18. The van der Waals surface area contributed by atoms with Gasteiger partial charge in [0.05, 0.1) is 38.6 Å². The Morgan fingerprint density at radius 3 is 1.57 bits per heavy atom. The highest BCUT2D eigenvalue weighted by Gasteiger charge is 2.29. The van der Waals surface area contributed by atoms with Gasteiger partial charge in [-0.05, 0) is 30.0 Å². The van der Waals surface area contributed by atoms with Crippen LogP contribution in [0.1, 0.15) is 43.9 Å². The zero-order valence-corrected chi connectivity index (χ0v) is 21.3. The summed E-state index contributed by atoms with van der Waals surface area (Å²) in [5.74, 6) is 0.148. The van der Waals surface area contributed by atoms with Crippen molar-refractivity contribution in [2.75, 3.05) is 6.54 Å². The number of benzene rings is 3. The minimum Gasteiger partial charge on any atom is -0.373 e. The third-order valence-corrected chi connectivity index (χ3v) is 6.19. The smallest absolute Gasteiger partial charge is 0.0999 e. The molecule has 3 aromatic rings. The Hall–Kier alpha value is -2.92. The average molecular weight is 474 g/mol. The minimum absolute atomic E-state index is 0.0528. The van der Waals surface area contributed by atoms with E-state index in [1.165, 1.54) is 5.56 Å². The normalized spacial score (nSPS) is 13.7. The standard InChI is InChI=1S/C31H39NO3/c1-5-30(33-22-27-15-9-6-10-16-27)26(4)31(34-23-28-17-11-7-12-18-28)21-32(25(2)3)35-24-29-19-13-8-14-20-29/h6-20,26,30-31H,2,5,21-24H2,1,3-4H3. The van der Waals surface area contributed by atoms with E-state index in [2.05, 4.69) is 56.8 Å². The summed E-state index contributed by atoms with van der Waals surface area (Å²) < 4.78 is 12.9. The molecule has 0 fully saturated rings. The summed E-state index contributed by atoms with van der Waals surface area (Å²) >= 11 is 0. The molecule has 3 unspecified atom stereocenters. The van der Waals surface area contributed by atoms with Crippen LogP contribution in [0, 0.1) is 5.92 Å². The number of hydrogen-bond donors (Lipinski definition) is 0. The predicted molar refractivity (Wildman–Crippen MR) is 142 cm³/mol. The van der Waals surface area contributed by atoms with Crippen molar-refractivity contribution in [3.63, 3.8) is 0 Å². The maximum Gasteiger partial charge on any atom is 0.0999 e. The summed E-state index contributed by atoms with van der Waals surface area (Å²) in [5.41, 5.74) is 4.29. The number of hydrogen-bond acceptors (Lipinski definition) is 4. The van der Waals surface area contributed by atoms with E-state index in [4.69, 9.17) is 14.3 Å². The van der Waals surface area contributed by atoms with Crippen LogP contribution in [0.5, 0.6) is 0 Å². The first-order valence-electron chi connectivity index (χ1n) is 12.5. The Labute approximate surface area is 211 Å². The number of ether oxygens (including phenoxy) is 2. The summed E-state index contributed by atoms with van der Waals surface area (Å²) in [7, 11) is 0. The second-order valence-corrected chi connectivity index (χ2v) is 8.99. The predicted octanol–water partition coefficient (Wildman–Crippen LogP) is 7.17. The van der Waals surface area contributed by atoms with E-state index >= 15 is 0 Å². The van der Waals surface area contributed by atoms with Crippen molar-refractivity contribution in [3.8, 4) is 0 Å². The fourth-order valence-electron chi connectivity index (χ4n) is 4.02. The lowest BCUT2D eigenvalue weighted by Crippen LogP contribution is -2.41. The Kier molecular flexibility index (Phi) is 11.0. The molecule has 0 bridgehead atoms. The highest BCUT2D eigenvalue weighted by atomic mass is 16.7. The molecular weight excluding hydrogens is 434 g/mol. The van der Waals surface area contributed by atoms with Gasteiger partial charge in [-0.25, -0.2) is 0 Å². The molecule has 0 saturated heterocycles. The maximum absolute atomic E-state index is 6.51. The number of nitrogens with zero attached hydrogens (tertiary/aromatic N) is 1. The molecule has 186 valence electrons. The van der Waals surface area contributed by atoms with Gasteiger partial charge in [0.1, 0.15) is 0 Å². The van der Waals surface area contributed by atoms with Crippen molar-refractivity contribution < 1.29 is 14.3 Å². The van der Waals surface area contributed by atoms with Crippen LogP contribution in [0.4, 0.5) is 0 Å². The summed E-state index contributed by atoms with van der Waals surface area (Å²) in [5, 5.41) is 1.86. The third-order valence-electron chi connectivity index (χ3n) is 6.19. The van der Waals surface area contributed by atoms with E-state index in [0.717, 1.165) is 23.2 Å². The van der Waals surface area contributed by atoms with E-state index < -0.39 is 0 Å². The first-order valence-corrected chi connectivity index (χ1v) is 12.5. The number of rotatable bonds is 15. The molecule has 0 saturated carbocycles. The van der Waals surface area contributed by atoms with Crippen LogP contribution < -0.4 is 0 Å². The molecule has 0 aliphatic carbocycles. The molecule has 0 N–H and O–H groups in total. The zero-order valence-electron chi connectivity index (χ0n) is 21.3. The van der Waals surface area contributed by atoms with Crippen molar-refractivity contribution in [3.05, 3.63) is 120 Å². The average Bonchev–Trinajstić information content (AvgIpc) is 2.90. The largest absolute Gasteiger partial charge is 0.373 e. The van der Waals surface area contributed by atoms with Crippen LogP contribution in [-0.2, 0) is 34.1 Å². The van der Waals surface area contributed by atoms with Gasteiger partial charge in [0, 0.05) is 11.6 Å². The molecule has 0 aliphatic rings. The van der Waals surface area contributed by atoms with Gasteiger partial charge in [-0.3, -0.25) is 9.90 Å². The number of allylic oxidation sites excluding steroid dienone is 1. The highest BCUT2D eigenvalue weighted by Crippen LogP contribution is 2.23. The molecule has 0 aliphatic heterocycles. The first-order chi connectivity index (χ1) is 17.1. The molecule has 3 atom stereocenters. The molecule has 0 heterocycles. The van der Waals surface area contributed by atoms with E-state index in [9.17, 15) is 0 Å². The monoisotopic (exact) mass is 473 g/mol. The molecule has 0 amide bonds. The maximum atomic E-state index is 6.51. The third kappa shape index (κ3) is 8.99. The lowest BCUT2D eigenvalue weighted by atomic mass is 9.95. The second kappa shape index (κ2) is 14.5. The van der Waals surface area contributed by atoms with Crippen LogP contribution in [0.2, 0.25) is 0 Å². The molecule has 0 spiro atoms. The van der Waals surface area contributed by atoms with Crippen molar-refractivity contribution in [2.45, 2.75) is 59.2 Å². The van der Waals surface area contributed by atoms with Crippen LogP contribution in [-0.4, -0.2) is 23.8 Å². The first kappa shape index (κ1) is 26.7. The highest BCUT2D eigenvalue weighted by molar-refractivity contribution is 5.15. The van der Waals surface area contributed by atoms with Crippen LogP contribution >= 0.6 is 0 Å². The fourth-order valence-corrected chi connectivity index (χ4v) is 4.02. The zero-order chi connectivity index (χ0) is 24.9. The van der Waals surface area contributed by atoms with E-state index in [1.54, 1.807) is 0 Å². The molecule has 3 aromatic carbocycles. The van der Waals surface area contributed by atoms with Gasteiger partial charge in [0.2, 0.25) is 0 Å². The van der Waals surface area contributed by atoms with Crippen molar-refractivity contribution in [1.82, 2.24) is 5.06 Å². The molecule has 0 aromatic heterocycles. The van der Waals surface area contributed by atoms with E-state index in [-0.39, 0.29) is 18.1 Å². The van der Waals surface area contributed by atoms with Gasteiger partial charge in [0.25, 0.3) is 0 Å². The van der Waals surface area contributed by atoms with Gasteiger partial charge in [0.15, 0.2) is 0 Å². The topological polar surface area (TPSA) is 30.9 Å². The molecule has 0 radical (unpaired) electrons. The lowest BCUT2D eigenvalue weighted by Gasteiger charge is -2.35. The molecule has 4 heteroatoms.